The molecule has 1 aliphatic rings. The Morgan fingerprint density at radius 3 is 2.65 bits per heavy atom. The molecular weight excluding hydrogens is 446 g/mol. The number of H-pyrrole nitrogens is 1. The van der Waals surface area contributed by atoms with Crippen LogP contribution in [0.5, 0.6) is 0 Å². The van der Waals surface area contributed by atoms with Crippen LogP contribution in [0.2, 0.25) is 0 Å². The van der Waals surface area contributed by atoms with Gasteiger partial charge in [0.2, 0.25) is 5.95 Å². The number of nitrogens with one attached hydrogen (secondary N) is 2. The van der Waals surface area contributed by atoms with Crippen molar-refractivity contribution in [2.24, 2.45) is 0 Å². The second-order valence-electron chi connectivity index (χ2n) is 7.53. The average Bonchev–Trinajstić information content (AvgIpc) is 3.30. The molecule has 0 radical (unpaired) electrons. The molecule has 0 spiro atoms. The quantitative estimate of drug-likeness (QED) is 0.347. The zero-order valence-corrected chi connectivity index (χ0v) is 17.1. The van der Waals surface area contributed by atoms with Crippen LogP contribution >= 0.6 is 0 Å². The van der Waals surface area contributed by atoms with Crippen LogP contribution in [0.15, 0.2) is 54.6 Å². The van der Waals surface area contributed by atoms with Gasteiger partial charge in [-0.15, -0.1) is 6.42 Å². The molecule has 4 N–H and O–H groups in total. The lowest BCUT2D eigenvalue weighted by Gasteiger charge is -2.35. The smallest absolute Gasteiger partial charge is 0.411 e. The van der Waals surface area contributed by atoms with Gasteiger partial charge in [-0.3, -0.25) is 15.0 Å². The van der Waals surface area contributed by atoms with Crippen LogP contribution in [-0.4, -0.2) is 32.2 Å². The van der Waals surface area contributed by atoms with Crippen molar-refractivity contribution < 1.29 is 28.6 Å². The van der Waals surface area contributed by atoms with Gasteiger partial charge in [0.05, 0.1) is 22.3 Å². The molecule has 1 atom stereocenters. The first-order valence-electron chi connectivity index (χ1n) is 9.86. The summed E-state index contributed by atoms with van der Waals surface area (Å²) in [6, 6.07) is 12.2. The van der Waals surface area contributed by atoms with Crippen molar-refractivity contribution in [3.8, 4) is 12.3 Å². The van der Waals surface area contributed by atoms with Crippen molar-refractivity contribution in [2.45, 2.75) is 5.72 Å². The van der Waals surface area contributed by atoms with E-state index < -0.39 is 35.0 Å². The van der Waals surface area contributed by atoms with Crippen LogP contribution in [0, 0.1) is 24.0 Å². The molecule has 2 amide bonds. The molecule has 3 aromatic carbocycles. The van der Waals surface area contributed by atoms with Gasteiger partial charge in [-0.05, 0) is 24.3 Å². The summed E-state index contributed by atoms with van der Waals surface area (Å²) < 4.78 is 29.0. The average molecular weight is 460 g/mol. The Hall–Kier alpha value is -4.75. The van der Waals surface area contributed by atoms with Gasteiger partial charge in [-0.2, -0.15) is 0 Å². The van der Waals surface area contributed by atoms with Gasteiger partial charge < -0.3 is 15.2 Å². The summed E-state index contributed by atoms with van der Waals surface area (Å²) in [5, 5.41) is 23.0. The first-order valence-corrected chi connectivity index (χ1v) is 9.86. The first kappa shape index (κ1) is 21.1. The second kappa shape index (κ2) is 7.40. The molecule has 168 valence electrons. The number of halogens is 2. The molecule has 0 fully saturated rings. The Morgan fingerprint density at radius 1 is 1.15 bits per heavy atom. The fourth-order valence-corrected chi connectivity index (χ4v) is 4.13. The van der Waals surface area contributed by atoms with E-state index in [1.54, 1.807) is 12.1 Å². The molecule has 1 aromatic heterocycles. The van der Waals surface area contributed by atoms with Gasteiger partial charge in [-0.25, -0.2) is 18.6 Å². The maximum Gasteiger partial charge on any atom is 0.411 e. The number of rotatable bonds is 3. The van der Waals surface area contributed by atoms with E-state index >= 15 is 0 Å². The lowest BCUT2D eigenvalue weighted by Crippen LogP contribution is -2.45. The standard InChI is InChI=1S/C24H14F2N4O4/c1-2-12-9-20(17(26)11-16(12)25)30-21(31)14-5-3-4-6-15(14)24(30,34)13-7-8-18-19(10-13)28-22(27-18)29-23(32)33/h1,3-11,34H,(H,32,33)(H2,27,28,29). The zero-order valence-electron chi connectivity index (χ0n) is 17.1. The van der Waals surface area contributed by atoms with E-state index in [0.717, 1.165) is 11.0 Å². The maximum atomic E-state index is 15.0. The fraction of sp³-hybridized carbons (Fsp3) is 0.0417. The Bertz CT molecular complexity index is 1560. The van der Waals surface area contributed by atoms with E-state index in [1.807, 2.05) is 0 Å². The topological polar surface area (TPSA) is 119 Å². The van der Waals surface area contributed by atoms with E-state index in [-0.39, 0.29) is 33.7 Å². The van der Waals surface area contributed by atoms with Gasteiger partial charge in [0, 0.05) is 22.8 Å². The molecule has 1 unspecified atom stereocenters. The van der Waals surface area contributed by atoms with Crippen LogP contribution < -0.4 is 10.2 Å². The third kappa shape index (κ3) is 2.99. The minimum Gasteiger partial charge on any atom is -0.465 e. The highest BCUT2D eigenvalue weighted by atomic mass is 19.1. The number of aromatic amines is 1. The van der Waals surface area contributed by atoms with Crippen LogP contribution in [0.3, 0.4) is 0 Å². The normalized spacial score (nSPS) is 17.0. The van der Waals surface area contributed by atoms with Crippen molar-refractivity contribution >= 4 is 34.7 Å². The van der Waals surface area contributed by atoms with Crippen molar-refractivity contribution in [1.29, 1.82) is 0 Å². The van der Waals surface area contributed by atoms with E-state index in [1.165, 1.54) is 30.3 Å². The molecule has 0 saturated carbocycles. The Balaban J connectivity index is 1.75. The van der Waals surface area contributed by atoms with Gasteiger partial charge >= 0.3 is 6.09 Å². The molecule has 10 heteroatoms. The molecule has 2 heterocycles. The summed E-state index contributed by atoms with van der Waals surface area (Å²) >= 11 is 0. The molecule has 1 aliphatic heterocycles. The van der Waals surface area contributed by atoms with Gasteiger partial charge in [0.25, 0.3) is 5.91 Å². The fourth-order valence-electron chi connectivity index (χ4n) is 4.13. The molecule has 8 nitrogen and oxygen atoms in total. The van der Waals surface area contributed by atoms with Crippen LogP contribution in [0.25, 0.3) is 11.0 Å². The Morgan fingerprint density at radius 2 is 1.91 bits per heavy atom. The number of carbonyl (C=O) groups is 2. The molecule has 4 aromatic rings. The van der Waals surface area contributed by atoms with Crippen LogP contribution in [0.1, 0.15) is 27.0 Å². The molecule has 0 bridgehead atoms. The predicted molar refractivity (Wildman–Crippen MR) is 118 cm³/mol. The number of hydrogen-bond acceptors (Lipinski definition) is 4. The number of hydrogen-bond donors (Lipinski definition) is 4. The van der Waals surface area contributed by atoms with Crippen molar-refractivity contribution in [1.82, 2.24) is 9.97 Å². The highest BCUT2D eigenvalue weighted by Crippen LogP contribution is 2.46. The number of nitrogens with zero attached hydrogens (tertiary/aromatic N) is 2. The van der Waals surface area contributed by atoms with Gasteiger partial charge in [0.15, 0.2) is 5.72 Å². The van der Waals surface area contributed by atoms with Crippen molar-refractivity contribution in [3.05, 3.63) is 88.5 Å². The summed E-state index contributed by atoms with van der Waals surface area (Å²) in [5.41, 5.74) is -1.75. The third-order valence-corrected chi connectivity index (χ3v) is 5.60. The third-order valence-electron chi connectivity index (χ3n) is 5.60. The maximum absolute atomic E-state index is 15.0. The number of carbonyl (C=O) groups excluding carboxylic acids is 1. The largest absolute Gasteiger partial charge is 0.465 e. The number of carboxylic acid groups (broad SMARTS) is 1. The molecule has 34 heavy (non-hydrogen) atoms. The summed E-state index contributed by atoms with van der Waals surface area (Å²) in [4.78, 5) is 32.0. The Kier molecular flexibility index (Phi) is 4.59. The summed E-state index contributed by atoms with van der Waals surface area (Å²) in [7, 11) is 0. The lowest BCUT2D eigenvalue weighted by molar-refractivity contribution is 0.0699. The first-order chi connectivity index (χ1) is 16.2. The molecule has 5 rings (SSSR count). The molecular formula is C24H14F2N4O4. The Labute approximate surface area is 190 Å². The summed E-state index contributed by atoms with van der Waals surface area (Å²) in [5.74, 6) is -0.737. The van der Waals surface area contributed by atoms with E-state index in [9.17, 15) is 23.5 Å². The van der Waals surface area contributed by atoms with E-state index in [0.29, 0.717) is 11.6 Å². The summed E-state index contributed by atoms with van der Waals surface area (Å²) in [6.07, 6.45) is 4.00. The van der Waals surface area contributed by atoms with Crippen LogP contribution in [0.4, 0.5) is 25.2 Å². The number of fused-ring (bicyclic) bond motifs is 2. The van der Waals surface area contributed by atoms with Crippen molar-refractivity contribution in [3.63, 3.8) is 0 Å². The number of aliphatic hydroxyl groups is 1. The van der Waals surface area contributed by atoms with E-state index in [2.05, 4.69) is 21.2 Å². The molecule has 0 saturated heterocycles. The second-order valence-corrected chi connectivity index (χ2v) is 7.53. The lowest BCUT2D eigenvalue weighted by atomic mass is 9.93. The highest BCUT2D eigenvalue weighted by Gasteiger charge is 2.51. The van der Waals surface area contributed by atoms with Gasteiger partial charge in [0.1, 0.15) is 11.6 Å². The SMILES string of the molecule is C#Cc1cc(N2C(=O)c3ccccc3C2(O)c2ccc3[nH]c(NC(=O)O)nc3c2)c(F)cc1F. The number of terminal acetylenes is 1. The number of imidazole rings is 1. The minimum absolute atomic E-state index is 0.0466. The monoisotopic (exact) mass is 460 g/mol. The zero-order chi connectivity index (χ0) is 24.2. The number of amides is 2. The van der Waals surface area contributed by atoms with Crippen LogP contribution in [-0.2, 0) is 5.72 Å². The number of benzene rings is 3. The predicted octanol–water partition coefficient (Wildman–Crippen LogP) is 3.77. The van der Waals surface area contributed by atoms with Crippen molar-refractivity contribution in [2.75, 3.05) is 10.2 Å². The highest BCUT2D eigenvalue weighted by molar-refractivity contribution is 6.12. The number of anilines is 2. The van der Waals surface area contributed by atoms with E-state index in [4.69, 9.17) is 11.5 Å². The molecule has 0 aliphatic carbocycles. The summed E-state index contributed by atoms with van der Waals surface area (Å²) in [6.45, 7) is 0. The van der Waals surface area contributed by atoms with Gasteiger partial charge in [-0.1, -0.05) is 30.2 Å². The number of aromatic nitrogens is 2. The minimum atomic E-state index is -2.20.